The number of halogens is 2. The lowest BCUT2D eigenvalue weighted by atomic mass is 9.76. The Bertz CT molecular complexity index is 640. The maximum atomic E-state index is 13.6. The molecule has 2 nitrogen and oxygen atoms in total. The van der Waals surface area contributed by atoms with Crippen LogP contribution in [0, 0.1) is 5.82 Å². The Morgan fingerprint density at radius 3 is 2.67 bits per heavy atom. The standard InChI is InChI=1S/C17H17BrFNO/c1-21-17-6-5-14(10-16(17)19)20-15-8-12(9-15)11-3-2-4-13(18)7-11/h2-7,10,12,15,20H,8-9H2,1H3. The van der Waals surface area contributed by atoms with Crippen LogP contribution in [0.3, 0.4) is 0 Å². The molecule has 1 saturated carbocycles. The molecule has 0 bridgehead atoms. The highest BCUT2D eigenvalue weighted by atomic mass is 79.9. The molecule has 0 spiro atoms. The molecule has 1 N–H and O–H groups in total. The zero-order chi connectivity index (χ0) is 14.8. The van der Waals surface area contributed by atoms with Gasteiger partial charge >= 0.3 is 0 Å². The topological polar surface area (TPSA) is 21.3 Å². The van der Waals surface area contributed by atoms with E-state index in [9.17, 15) is 4.39 Å². The van der Waals surface area contributed by atoms with Gasteiger partial charge in [0.1, 0.15) is 0 Å². The van der Waals surface area contributed by atoms with Crippen LogP contribution in [-0.2, 0) is 0 Å². The minimum atomic E-state index is -0.328. The number of benzene rings is 2. The zero-order valence-corrected chi connectivity index (χ0v) is 13.4. The van der Waals surface area contributed by atoms with E-state index in [-0.39, 0.29) is 11.6 Å². The molecule has 1 aliphatic rings. The smallest absolute Gasteiger partial charge is 0.167 e. The number of hydrogen-bond acceptors (Lipinski definition) is 2. The molecule has 0 heterocycles. The molecule has 0 saturated heterocycles. The van der Waals surface area contributed by atoms with Gasteiger partial charge in [-0.05, 0) is 48.6 Å². The van der Waals surface area contributed by atoms with E-state index >= 15 is 0 Å². The second-order valence-corrected chi connectivity index (χ2v) is 6.33. The molecule has 0 aliphatic heterocycles. The first-order valence-electron chi connectivity index (χ1n) is 7.01. The van der Waals surface area contributed by atoms with Gasteiger partial charge < -0.3 is 10.1 Å². The fraction of sp³-hybridized carbons (Fsp3) is 0.294. The summed E-state index contributed by atoms with van der Waals surface area (Å²) in [6, 6.07) is 13.9. The molecule has 2 aromatic carbocycles. The van der Waals surface area contributed by atoms with E-state index in [0.29, 0.717) is 12.0 Å². The molecule has 21 heavy (non-hydrogen) atoms. The minimum absolute atomic E-state index is 0.279. The van der Waals surface area contributed by atoms with Crippen molar-refractivity contribution >= 4 is 21.6 Å². The number of anilines is 1. The van der Waals surface area contributed by atoms with Crippen LogP contribution in [0.1, 0.15) is 24.3 Å². The summed E-state index contributed by atoms with van der Waals surface area (Å²) in [5.41, 5.74) is 2.18. The molecule has 0 amide bonds. The normalized spacial score (nSPS) is 20.7. The lowest BCUT2D eigenvalue weighted by molar-refractivity contribution is 0.373. The third-order valence-corrected chi connectivity index (χ3v) is 4.47. The minimum Gasteiger partial charge on any atom is -0.494 e. The van der Waals surface area contributed by atoms with Crippen molar-refractivity contribution in [2.45, 2.75) is 24.8 Å². The van der Waals surface area contributed by atoms with Crippen molar-refractivity contribution in [2.24, 2.45) is 0 Å². The maximum absolute atomic E-state index is 13.6. The molecule has 1 aliphatic carbocycles. The van der Waals surface area contributed by atoms with Crippen LogP contribution in [-0.4, -0.2) is 13.2 Å². The maximum Gasteiger partial charge on any atom is 0.167 e. The predicted molar refractivity (Wildman–Crippen MR) is 86.5 cm³/mol. The number of rotatable bonds is 4. The van der Waals surface area contributed by atoms with E-state index in [1.165, 1.54) is 18.7 Å². The van der Waals surface area contributed by atoms with Gasteiger partial charge in [-0.1, -0.05) is 28.1 Å². The second-order valence-electron chi connectivity index (χ2n) is 5.41. The number of methoxy groups -OCH3 is 1. The largest absolute Gasteiger partial charge is 0.494 e. The highest BCUT2D eigenvalue weighted by Crippen LogP contribution is 2.39. The van der Waals surface area contributed by atoms with Gasteiger partial charge in [0.05, 0.1) is 7.11 Å². The van der Waals surface area contributed by atoms with E-state index in [1.807, 2.05) is 12.1 Å². The Hall–Kier alpha value is -1.55. The van der Waals surface area contributed by atoms with E-state index < -0.39 is 0 Å². The van der Waals surface area contributed by atoms with Crippen LogP contribution in [0.2, 0.25) is 0 Å². The van der Waals surface area contributed by atoms with Gasteiger partial charge in [-0.3, -0.25) is 0 Å². The van der Waals surface area contributed by atoms with Crippen molar-refractivity contribution in [3.05, 3.63) is 58.3 Å². The summed E-state index contributed by atoms with van der Waals surface area (Å²) in [6.45, 7) is 0. The number of nitrogens with one attached hydrogen (secondary N) is 1. The van der Waals surface area contributed by atoms with Crippen molar-refractivity contribution in [2.75, 3.05) is 12.4 Å². The van der Waals surface area contributed by atoms with Crippen molar-refractivity contribution in [3.63, 3.8) is 0 Å². The summed E-state index contributed by atoms with van der Waals surface area (Å²) in [5, 5.41) is 3.38. The molecule has 2 aromatic rings. The molecule has 4 heteroatoms. The third-order valence-electron chi connectivity index (χ3n) is 3.98. The molecule has 1 fully saturated rings. The lowest BCUT2D eigenvalue weighted by Gasteiger charge is -2.37. The van der Waals surface area contributed by atoms with Gasteiger partial charge in [0, 0.05) is 22.3 Å². The van der Waals surface area contributed by atoms with Crippen LogP contribution in [0.4, 0.5) is 10.1 Å². The van der Waals surface area contributed by atoms with Crippen LogP contribution in [0.5, 0.6) is 5.75 Å². The van der Waals surface area contributed by atoms with E-state index in [4.69, 9.17) is 4.74 Å². The fourth-order valence-corrected chi connectivity index (χ4v) is 3.18. The lowest BCUT2D eigenvalue weighted by Crippen LogP contribution is -2.34. The van der Waals surface area contributed by atoms with Gasteiger partial charge in [0.2, 0.25) is 0 Å². The van der Waals surface area contributed by atoms with Crippen molar-refractivity contribution < 1.29 is 9.13 Å². The zero-order valence-electron chi connectivity index (χ0n) is 11.8. The van der Waals surface area contributed by atoms with E-state index in [2.05, 4.69) is 39.4 Å². The Kier molecular flexibility index (Phi) is 4.15. The van der Waals surface area contributed by atoms with E-state index in [1.54, 1.807) is 6.07 Å². The molecular formula is C17H17BrFNO. The molecule has 110 valence electrons. The third kappa shape index (κ3) is 3.21. The Morgan fingerprint density at radius 1 is 1.19 bits per heavy atom. The van der Waals surface area contributed by atoms with Crippen molar-refractivity contribution in [1.82, 2.24) is 0 Å². The molecule has 0 aromatic heterocycles. The molecule has 0 radical (unpaired) electrons. The van der Waals surface area contributed by atoms with Crippen molar-refractivity contribution in [3.8, 4) is 5.75 Å². The van der Waals surface area contributed by atoms with Gasteiger partial charge in [-0.25, -0.2) is 4.39 Å². The number of hydrogen-bond donors (Lipinski definition) is 1. The summed E-state index contributed by atoms with van der Waals surface area (Å²) in [7, 11) is 1.47. The average molecular weight is 350 g/mol. The van der Waals surface area contributed by atoms with Crippen LogP contribution in [0.15, 0.2) is 46.9 Å². The summed E-state index contributed by atoms with van der Waals surface area (Å²) in [5.74, 6) is 0.537. The highest BCUT2D eigenvalue weighted by molar-refractivity contribution is 9.10. The first kappa shape index (κ1) is 14.4. The van der Waals surface area contributed by atoms with Gasteiger partial charge in [0.15, 0.2) is 11.6 Å². The van der Waals surface area contributed by atoms with Crippen LogP contribution < -0.4 is 10.1 Å². The van der Waals surface area contributed by atoms with Gasteiger partial charge in [0.25, 0.3) is 0 Å². The monoisotopic (exact) mass is 349 g/mol. The van der Waals surface area contributed by atoms with Crippen LogP contribution >= 0.6 is 15.9 Å². The quantitative estimate of drug-likeness (QED) is 0.842. The number of ether oxygens (including phenoxy) is 1. The second kappa shape index (κ2) is 6.06. The SMILES string of the molecule is COc1ccc(NC2CC(c3cccc(Br)c3)C2)cc1F. The predicted octanol–water partition coefficient (Wildman–Crippen LogP) is 4.95. The highest BCUT2D eigenvalue weighted by Gasteiger charge is 2.30. The Balaban J connectivity index is 1.58. The summed E-state index contributed by atoms with van der Waals surface area (Å²) in [4.78, 5) is 0. The molecule has 0 unspecified atom stereocenters. The van der Waals surface area contributed by atoms with Crippen LogP contribution in [0.25, 0.3) is 0 Å². The summed E-state index contributed by atoms with van der Waals surface area (Å²) < 4.78 is 19.7. The molecule has 0 atom stereocenters. The molecule has 3 rings (SSSR count). The van der Waals surface area contributed by atoms with E-state index in [0.717, 1.165) is 23.0 Å². The molecular weight excluding hydrogens is 333 g/mol. The van der Waals surface area contributed by atoms with Gasteiger partial charge in [-0.2, -0.15) is 0 Å². The van der Waals surface area contributed by atoms with Crippen molar-refractivity contribution in [1.29, 1.82) is 0 Å². The fourth-order valence-electron chi connectivity index (χ4n) is 2.76. The summed E-state index contributed by atoms with van der Waals surface area (Å²) >= 11 is 3.50. The Labute approximate surface area is 132 Å². The first-order valence-corrected chi connectivity index (χ1v) is 7.80. The summed E-state index contributed by atoms with van der Waals surface area (Å²) in [6.07, 6.45) is 2.15. The average Bonchev–Trinajstić information content (AvgIpc) is 2.42. The Morgan fingerprint density at radius 2 is 2.00 bits per heavy atom. The first-order chi connectivity index (χ1) is 10.2. The van der Waals surface area contributed by atoms with Gasteiger partial charge in [-0.15, -0.1) is 0 Å².